The van der Waals surface area contributed by atoms with Crippen molar-refractivity contribution in [3.05, 3.63) is 76.5 Å². The van der Waals surface area contributed by atoms with Crippen LogP contribution in [0.2, 0.25) is 0 Å². The lowest BCUT2D eigenvalue weighted by atomic mass is 10.0. The topological polar surface area (TPSA) is 50.2 Å². The molecule has 0 amide bonds. The summed E-state index contributed by atoms with van der Waals surface area (Å²) in [7, 11) is 0. The van der Waals surface area contributed by atoms with Gasteiger partial charge in [0.05, 0.1) is 17.2 Å². The molecule has 1 saturated heterocycles. The summed E-state index contributed by atoms with van der Waals surface area (Å²) in [5.41, 5.74) is 2.33. The standard InChI is InChI=1S/C22H25FN4O/c23-18-6-7-20-21(14-18)27(22(28)16-25-20)13-12-26-10-8-19(9-11-26)24-15-17-4-2-1-3-5-17/h1-7,14,16,19,24H,8-13,15H2. The van der Waals surface area contributed by atoms with Crippen LogP contribution >= 0.6 is 0 Å². The van der Waals surface area contributed by atoms with Gasteiger partial charge in [-0.3, -0.25) is 4.79 Å². The van der Waals surface area contributed by atoms with Crippen molar-refractivity contribution in [2.45, 2.75) is 32.0 Å². The molecule has 0 atom stereocenters. The first-order valence-electron chi connectivity index (χ1n) is 9.84. The fourth-order valence-electron chi connectivity index (χ4n) is 3.83. The van der Waals surface area contributed by atoms with E-state index in [1.54, 1.807) is 10.6 Å². The Morgan fingerprint density at radius 2 is 1.86 bits per heavy atom. The third-order valence-corrected chi connectivity index (χ3v) is 5.47. The zero-order valence-corrected chi connectivity index (χ0v) is 15.9. The molecule has 2 aromatic carbocycles. The van der Waals surface area contributed by atoms with Crippen LogP contribution in [0.1, 0.15) is 18.4 Å². The van der Waals surface area contributed by atoms with Gasteiger partial charge in [-0.25, -0.2) is 9.37 Å². The molecular weight excluding hydrogens is 355 g/mol. The molecule has 1 aromatic heterocycles. The molecular formula is C22H25FN4O. The van der Waals surface area contributed by atoms with Crippen molar-refractivity contribution in [3.8, 4) is 0 Å². The number of likely N-dealkylation sites (tertiary alicyclic amines) is 1. The molecule has 1 fully saturated rings. The highest BCUT2D eigenvalue weighted by molar-refractivity contribution is 5.74. The van der Waals surface area contributed by atoms with Gasteiger partial charge in [-0.15, -0.1) is 0 Å². The lowest BCUT2D eigenvalue weighted by Gasteiger charge is -2.32. The monoisotopic (exact) mass is 380 g/mol. The molecule has 5 nitrogen and oxygen atoms in total. The highest BCUT2D eigenvalue weighted by Crippen LogP contribution is 2.14. The average Bonchev–Trinajstić information content (AvgIpc) is 2.73. The van der Waals surface area contributed by atoms with E-state index in [1.165, 1.54) is 23.9 Å². The number of hydrogen-bond donors (Lipinski definition) is 1. The van der Waals surface area contributed by atoms with Crippen molar-refractivity contribution in [2.75, 3.05) is 19.6 Å². The highest BCUT2D eigenvalue weighted by atomic mass is 19.1. The summed E-state index contributed by atoms with van der Waals surface area (Å²) in [6, 6.07) is 15.4. The molecule has 0 saturated carbocycles. The Balaban J connectivity index is 1.31. The van der Waals surface area contributed by atoms with Gasteiger partial charge in [0, 0.05) is 25.7 Å². The van der Waals surface area contributed by atoms with Crippen LogP contribution in [0.3, 0.4) is 0 Å². The van der Waals surface area contributed by atoms with Crippen LogP contribution < -0.4 is 10.9 Å². The maximum Gasteiger partial charge on any atom is 0.269 e. The molecule has 1 aliphatic heterocycles. The van der Waals surface area contributed by atoms with Crippen LogP contribution in [0, 0.1) is 5.82 Å². The molecule has 4 rings (SSSR count). The van der Waals surface area contributed by atoms with Crippen molar-refractivity contribution in [1.82, 2.24) is 19.8 Å². The number of piperidine rings is 1. The van der Waals surface area contributed by atoms with Gasteiger partial charge in [-0.1, -0.05) is 30.3 Å². The second-order valence-corrected chi connectivity index (χ2v) is 7.36. The molecule has 1 N–H and O–H groups in total. The molecule has 0 radical (unpaired) electrons. The summed E-state index contributed by atoms with van der Waals surface area (Å²) >= 11 is 0. The molecule has 146 valence electrons. The normalized spacial score (nSPS) is 15.9. The largest absolute Gasteiger partial charge is 0.310 e. The third kappa shape index (κ3) is 4.46. The number of aromatic nitrogens is 2. The number of hydrogen-bond acceptors (Lipinski definition) is 4. The van der Waals surface area contributed by atoms with E-state index in [1.807, 2.05) is 6.07 Å². The Kier molecular flexibility index (Phi) is 5.78. The molecule has 0 bridgehead atoms. The fraction of sp³-hybridized carbons (Fsp3) is 0.364. The van der Waals surface area contributed by atoms with E-state index in [9.17, 15) is 9.18 Å². The van der Waals surface area contributed by atoms with Crippen LogP contribution in [0.4, 0.5) is 4.39 Å². The molecule has 0 aliphatic carbocycles. The Morgan fingerprint density at radius 1 is 1.07 bits per heavy atom. The number of nitrogens with one attached hydrogen (secondary N) is 1. The van der Waals surface area contributed by atoms with E-state index < -0.39 is 0 Å². The van der Waals surface area contributed by atoms with Gasteiger partial charge in [0.1, 0.15) is 5.82 Å². The summed E-state index contributed by atoms with van der Waals surface area (Å²) < 4.78 is 15.3. The highest BCUT2D eigenvalue weighted by Gasteiger charge is 2.19. The first-order chi connectivity index (χ1) is 13.7. The Bertz CT molecular complexity index is 981. The maximum atomic E-state index is 13.6. The zero-order valence-electron chi connectivity index (χ0n) is 15.9. The van der Waals surface area contributed by atoms with E-state index in [0.29, 0.717) is 23.6 Å². The number of fused-ring (bicyclic) bond motifs is 1. The van der Waals surface area contributed by atoms with E-state index in [0.717, 1.165) is 39.0 Å². The Labute approximate surface area is 163 Å². The van der Waals surface area contributed by atoms with Gasteiger partial charge in [0.15, 0.2) is 0 Å². The lowest BCUT2D eigenvalue weighted by molar-refractivity contribution is 0.191. The van der Waals surface area contributed by atoms with Crippen molar-refractivity contribution in [2.24, 2.45) is 0 Å². The SMILES string of the molecule is O=c1cnc2ccc(F)cc2n1CCN1CCC(NCc2ccccc2)CC1. The summed E-state index contributed by atoms with van der Waals surface area (Å²) in [5.74, 6) is -0.348. The van der Waals surface area contributed by atoms with Crippen LogP contribution in [-0.2, 0) is 13.1 Å². The average molecular weight is 380 g/mol. The first kappa shape index (κ1) is 18.8. The summed E-state index contributed by atoms with van der Waals surface area (Å²) in [4.78, 5) is 18.7. The molecule has 0 spiro atoms. The van der Waals surface area contributed by atoms with Gasteiger partial charge >= 0.3 is 0 Å². The third-order valence-electron chi connectivity index (χ3n) is 5.47. The van der Waals surface area contributed by atoms with E-state index in [4.69, 9.17) is 0 Å². The second kappa shape index (κ2) is 8.63. The van der Waals surface area contributed by atoms with Crippen LogP contribution in [0.15, 0.2) is 59.5 Å². The van der Waals surface area contributed by atoms with Crippen LogP contribution in [0.5, 0.6) is 0 Å². The van der Waals surface area contributed by atoms with Gasteiger partial charge in [-0.2, -0.15) is 0 Å². The predicted molar refractivity (Wildman–Crippen MR) is 109 cm³/mol. The first-order valence-corrected chi connectivity index (χ1v) is 9.84. The van der Waals surface area contributed by atoms with Gasteiger partial charge in [-0.05, 0) is 49.7 Å². The minimum absolute atomic E-state index is 0.183. The van der Waals surface area contributed by atoms with Gasteiger partial charge in [0.25, 0.3) is 5.56 Å². The van der Waals surface area contributed by atoms with Crippen LogP contribution in [0.25, 0.3) is 11.0 Å². The van der Waals surface area contributed by atoms with Crippen molar-refractivity contribution in [3.63, 3.8) is 0 Å². The van der Waals surface area contributed by atoms with E-state index in [-0.39, 0.29) is 11.4 Å². The Morgan fingerprint density at radius 3 is 2.64 bits per heavy atom. The predicted octanol–water partition coefficient (Wildman–Crippen LogP) is 2.79. The minimum atomic E-state index is -0.348. The number of benzene rings is 2. The molecule has 28 heavy (non-hydrogen) atoms. The molecule has 1 aliphatic rings. The number of nitrogens with zero attached hydrogens (tertiary/aromatic N) is 3. The maximum absolute atomic E-state index is 13.6. The van der Waals surface area contributed by atoms with E-state index >= 15 is 0 Å². The fourth-order valence-corrected chi connectivity index (χ4v) is 3.83. The van der Waals surface area contributed by atoms with Crippen LogP contribution in [-0.4, -0.2) is 40.1 Å². The van der Waals surface area contributed by atoms with Gasteiger partial charge in [0.2, 0.25) is 0 Å². The second-order valence-electron chi connectivity index (χ2n) is 7.36. The molecule has 6 heteroatoms. The van der Waals surface area contributed by atoms with E-state index in [2.05, 4.69) is 39.5 Å². The number of rotatable bonds is 6. The smallest absolute Gasteiger partial charge is 0.269 e. The van der Waals surface area contributed by atoms with Gasteiger partial charge < -0.3 is 14.8 Å². The van der Waals surface area contributed by atoms with Crippen molar-refractivity contribution < 1.29 is 4.39 Å². The molecule has 0 unspecified atom stereocenters. The quantitative estimate of drug-likeness (QED) is 0.715. The van der Waals surface area contributed by atoms with Crippen molar-refractivity contribution >= 4 is 11.0 Å². The molecule has 2 heterocycles. The lowest BCUT2D eigenvalue weighted by Crippen LogP contribution is -2.43. The minimum Gasteiger partial charge on any atom is -0.310 e. The summed E-state index contributed by atoms with van der Waals surface area (Å²) in [6.07, 6.45) is 3.50. The molecule has 3 aromatic rings. The van der Waals surface area contributed by atoms with Crippen molar-refractivity contribution in [1.29, 1.82) is 0 Å². The summed E-state index contributed by atoms with van der Waals surface area (Å²) in [5, 5.41) is 3.64. The number of halogens is 1. The summed E-state index contributed by atoms with van der Waals surface area (Å²) in [6.45, 7) is 4.22. The zero-order chi connectivity index (χ0) is 19.3. The Hall–Kier alpha value is -2.57.